The molecule has 2 rings (SSSR count). The van der Waals surface area contributed by atoms with Gasteiger partial charge in [0.05, 0.1) is 0 Å². The first-order valence-electron chi connectivity index (χ1n) is 5.40. The predicted molar refractivity (Wildman–Crippen MR) is 70.2 cm³/mol. The summed E-state index contributed by atoms with van der Waals surface area (Å²) in [5.74, 6) is 0.876. The van der Waals surface area contributed by atoms with Crippen LogP contribution in [0.15, 0.2) is 15.9 Å². The van der Waals surface area contributed by atoms with Crippen molar-refractivity contribution in [2.45, 2.75) is 27.3 Å². The summed E-state index contributed by atoms with van der Waals surface area (Å²) in [6.45, 7) is 10.7. The molecule has 1 fully saturated rings. The SMILES string of the molecule is CC(C)(C)C1CN(Cc2cc(Br)cs2)C1. The van der Waals surface area contributed by atoms with Crippen LogP contribution in [0.1, 0.15) is 25.6 Å². The lowest BCUT2D eigenvalue weighted by Crippen LogP contribution is -2.51. The van der Waals surface area contributed by atoms with Gasteiger partial charge in [-0.2, -0.15) is 0 Å². The Bertz CT molecular complexity index is 334. The molecule has 0 aliphatic carbocycles. The highest BCUT2D eigenvalue weighted by Crippen LogP contribution is 2.35. The number of hydrogen-bond acceptors (Lipinski definition) is 2. The van der Waals surface area contributed by atoms with E-state index in [1.807, 2.05) is 11.3 Å². The maximum Gasteiger partial charge on any atom is 0.0328 e. The lowest BCUT2D eigenvalue weighted by molar-refractivity contribution is 0.0196. The minimum atomic E-state index is 0.479. The maximum atomic E-state index is 3.50. The molecule has 3 heteroatoms. The van der Waals surface area contributed by atoms with Crippen LogP contribution in [0.3, 0.4) is 0 Å². The molecule has 0 aromatic carbocycles. The van der Waals surface area contributed by atoms with Crippen molar-refractivity contribution in [2.75, 3.05) is 13.1 Å². The third-order valence-corrected chi connectivity index (χ3v) is 4.87. The van der Waals surface area contributed by atoms with E-state index in [1.54, 1.807) is 0 Å². The number of nitrogens with zero attached hydrogens (tertiary/aromatic N) is 1. The fourth-order valence-electron chi connectivity index (χ4n) is 1.90. The summed E-state index contributed by atoms with van der Waals surface area (Å²) in [4.78, 5) is 4.00. The Morgan fingerprint density at radius 1 is 1.47 bits per heavy atom. The molecular weight excluding hydrogens is 270 g/mol. The fourth-order valence-corrected chi connectivity index (χ4v) is 3.40. The van der Waals surface area contributed by atoms with Crippen LogP contribution in [-0.2, 0) is 6.54 Å². The van der Waals surface area contributed by atoms with E-state index in [0.717, 1.165) is 12.5 Å². The lowest BCUT2D eigenvalue weighted by Gasteiger charge is -2.46. The van der Waals surface area contributed by atoms with Crippen molar-refractivity contribution >= 4 is 27.3 Å². The zero-order valence-corrected chi connectivity index (χ0v) is 12.0. The highest BCUT2D eigenvalue weighted by molar-refractivity contribution is 9.10. The van der Waals surface area contributed by atoms with E-state index in [1.165, 1.54) is 22.4 Å². The molecule has 0 bridgehead atoms. The van der Waals surface area contributed by atoms with Crippen molar-refractivity contribution in [1.29, 1.82) is 0 Å². The van der Waals surface area contributed by atoms with Gasteiger partial charge in [-0.15, -0.1) is 11.3 Å². The van der Waals surface area contributed by atoms with Gasteiger partial charge in [0.15, 0.2) is 0 Å². The first-order valence-corrected chi connectivity index (χ1v) is 7.07. The number of thiophene rings is 1. The molecule has 0 amide bonds. The molecule has 0 saturated carbocycles. The zero-order chi connectivity index (χ0) is 11.1. The first-order chi connectivity index (χ1) is 6.95. The van der Waals surface area contributed by atoms with Gasteiger partial charge in [0, 0.05) is 34.4 Å². The molecule has 1 aromatic heterocycles. The number of likely N-dealkylation sites (tertiary alicyclic amines) is 1. The quantitative estimate of drug-likeness (QED) is 0.795. The second kappa shape index (κ2) is 4.19. The molecule has 1 saturated heterocycles. The molecule has 0 spiro atoms. The molecule has 1 aliphatic rings. The number of rotatable bonds is 2. The van der Waals surface area contributed by atoms with Crippen LogP contribution in [0.25, 0.3) is 0 Å². The van der Waals surface area contributed by atoms with E-state index in [0.29, 0.717) is 5.41 Å². The Labute approximate surface area is 105 Å². The van der Waals surface area contributed by atoms with Gasteiger partial charge in [-0.3, -0.25) is 4.90 Å². The van der Waals surface area contributed by atoms with Crippen LogP contribution in [0.2, 0.25) is 0 Å². The van der Waals surface area contributed by atoms with Gasteiger partial charge in [0.2, 0.25) is 0 Å². The highest BCUT2D eigenvalue weighted by atomic mass is 79.9. The molecule has 0 atom stereocenters. The smallest absolute Gasteiger partial charge is 0.0328 e. The van der Waals surface area contributed by atoms with Crippen LogP contribution in [0.4, 0.5) is 0 Å². The summed E-state index contributed by atoms with van der Waals surface area (Å²) < 4.78 is 1.22. The topological polar surface area (TPSA) is 3.24 Å². The molecule has 1 nitrogen and oxygen atoms in total. The zero-order valence-electron chi connectivity index (χ0n) is 9.59. The molecule has 0 unspecified atom stereocenters. The first kappa shape index (κ1) is 11.6. The molecular formula is C12H18BrNS. The van der Waals surface area contributed by atoms with Crippen LogP contribution < -0.4 is 0 Å². The normalized spacial score (nSPS) is 19.2. The van der Waals surface area contributed by atoms with Crippen molar-refractivity contribution < 1.29 is 0 Å². The summed E-state index contributed by atoms with van der Waals surface area (Å²) in [6.07, 6.45) is 0. The van der Waals surface area contributed by atoms with Crippen LogP contribution in [0.5, 0.6) is 0 Å². The van der Waals surface area contributed by atoms with E-state index in [-0.39, 0.29) is 0 Å². The third-order valence-electron chi connectivity index (χ3n) is 3.18. The van der Waals surface area contributed by atoms with Crippen molar-refractivity contribution in [3.05, 3.63) is 20.8 Å². The van der Waals surface area contributed by atoms with Gasteiger partial charge >= 0.3 is 0 Å². The molecule has 0 radical (unpaired) electrons. The van der Waals surface area contributed by atoms with Crippen LogP contribution in [-0.4, -0.2) is 18.0 Å². The van der Waals surface area contributed by atoms with Gasteiger partial charge in [-0.1, -0.05) is 20.8 Å². The molecule has 1 aromatic rings. The predicted octanol–water partition coefficient (Wildman–Crippen LogP) is 3.99. The maximum absolute atomic E-state index is 3.50. The minimum absolute atomic E-state index is 0.479. The van der Waals surface area contributed by atoms with Crippen molar-refractivity contribution in [2.24, 2.45) is 11.3 Å². The summed E-state index contributed by atoms with van der Waals surface area (Å²) in [5, 5.41) is 2.16. The summed E-state index contributed by atoms with van der Waals surface area (Å²) in [5.41, 5.74) is 0.479. The van der Waals surface area contributed by atoms with Gasteiger partial charge in [0.25, 0.3) is 0 Å². The largest absolute Gasteiger partial charge is 0.298 e. The van der Waals surface area contributed by atoms with Crippen molar-refractivity contribution in [1.82, 2.24) is 4.90 Å². The van der Waals surface area contributed by atoms with E-state index in [2.05, 4.69) is 53.0 Å². The van der Waals surface area contributed by atoms with E-state index < -0.39 is 0 Å². The van der Waals surface area contributed by atoms with Gasteiger partial charge < -0.3 is 0 Å². The number of hydrogen-bond donors (Lipinski definition) is 0. The van der Waals surface area contributed by atoms with Gasteiger partial charge in [-0.25, -0.2) is 0 Å². The standard InChI is InChI=1S/C12H18BrNS/c1-12(2,3)9-5-14(6-9)7-11-4-10(13)8-15-11/h4,8-9H,5-7H2,1-3H3. The highest BCUT2D eigenvalue weighted by Gasteiger charge is 2.35. The van der Waals surface area contributed by atoms with Crippen LogP contribution in [0, 0.1) is 11.3 Å². The molecule has 0 N–H and O–H groups in total. The Balaban J connectivity index is 1.81. The van der Waals surface area contributed by atoms with E-state index in [9.17, 15) is 0 Å². The molecule has 84 valence electrons. The average molecular weight is 288 g/mol. The summed E-state index contributed by atoms with van der Waals surface area (Å²) in [7, 11) is 0. The Morgan fingerprint density at radius 2 is 2.13 bits per heavy atom. The molecule has 2 heterocycles. The van der Waals surface area contributed by atoms with E-state index >= 15 is 0 Å². The Morgan fingerprint density at radius 3 is 2.60 bits per heavy atom. The van der Waals surface area contributed by atoms with Gasteiger partial charge in [0.1, 0.15) is 0 Å². The van der Waals surface area contributed by atoms with Crippen molar-refractivity contribution in [3.8, 4) is 0 Å². The average Bonchev–Trinajstić information content (AvgIpc) is 2.40. The lowest BCUT2D eigenvalue weighted by atomic mass is 9.76. The third kappa shape index (κ3) is 2.83. The summed E-state index contributed by atoms with van der Waals surface area (Å²) in [6, 6.07) is 2.23. The second-order valence-corrected chi connectivity index (χ2v) is 7.40. The second-order valence-electron chi connectivity index (χ2n) is 5.49. The van der Waals surface area contributed by atoms with Crippen LogP contribution >= 0.6 is 27.3 Å². The molecule has 1 aliphatic heterocycles. The minimum Gasteiger partial charge on any atom is -0.298 e. The number of halogens is 1. The van der Waals surface area contributed by atoms with Crippen molar-refractivity contribution in [3.63, 3.8) is 0 Å². The Kier molecular flexibility index (Phi) is 3.25. The Hall–Kier alpha value is 0.140. The summed E-state index contributed by atoms with van der Waals surface area (Å²) >= 11 is 5.34. The fraction of sp³-hybridized carbons (Fsp3) is 0.667. The van der Waals surface area contributed by atoms with E-state index in [4.69, 9.17) is 0 Å². The molecule has 15 heavy (non-hydrogen) atoms. The van der Waals surface area contributed by atoms with Gasteiger partial charge in [-0.05, 0) is 33.3 Å². The monoisotopic (exact) mass is 287 g/mol.